The van der Waals surface area contributed by atoms with E-state index in [4.69, 9.17) is 4.55 Å². The Balaban J connectivity index is 2.63. The third kappa shape index (κ3) is 7.11. The maximum Gasteiger partial charge on any atom is 0.294 e. The van der Waals surface area contributed by atoms with Crippen LogP contribution in [0.15, 0.2) is 29.2 Å². The number of rotatable bonds is 9. The van der Waals surface area contributed by atoms with Gasteiger partial charge in [-0.05, 0) is 24.6 Å². The number of anilines is 1. The second-order valence-electron chi connectivity index (χ2n) is 3.83. The predicted molar refractivity (Wildman–Crippen MR) is 78.8 cm³/mol. The molecule has 0 radical (unpaired) electrons. The maximum atomic E-state index is 11.8. The number of hydrogen-bond acceptors (Lipinski definition) is 7. The molecule has 0 spiro atoms. The molecule has 0 amide bonds. The molecule has 120 valence electrons. The van der Waals surface area contributed by atoms with E-state index in [-0.39, 0.29) is 29.4 Å². The quantitative estimate of drug-likeness (QED) is 0.223. The van der Waals surface area contributed by atoms with E-state index in [9.17, 15) is 16.8 Å². The molecular weight excluding hydrogens is 342 g/mol. The molecule has 0 bridgehead atoms. The molecule has 0 aromatic heterocycles. The zero-order valence-electron chi connectivity index (χ0n) is 11.1. The number of sulfonamides is 1. The van der Waals surface area contributed by atoms with E-state index < -0.39 is 20.1 Å². The molecule has 0 unspecified atom stereocenters. The minimum atomic E-state index is -4.38. The van der Waals surface area contributed by atoms with Gasteiger partial charge in [0.15, 0.2) is 0 Å². The zero-order chi connectivity index (χ0) is 15.9. The van der Waals surface area contributed by atoms with Crippen LogP contribution in [0.1, 0.15) is 6.42 Å². The summed E-state index contributed by atoms with van der Waals surface area (Å²) >= 11 is 0.998. The number of nitrogens with one attached hydrogen (secondary N) is 1. The molecular formula is C10H15NO7S3. The van der Waals surface area contributed by atoms with E-state index in [1.807, 2.05) is 0 Å². The lowest BCUT2D eigenvalue weighted by Gasteiger charge is -2.08. The lowest BCUT2D eigenvalue weighted by atomic mass is 10.3. The average Bonchev–Trinajstić information content (AvgIpc) is 2.37. The zero-order valence-corrected chi connectivity index (χ0v) is 13.5. The Hall–Kier alpha value is -0.850. The summed E-state index contributed by atoms with van der Waals surface area (Å²) in [6.45, 7) is 0.104. The van der Waals surface area contributed by atoms with Gasteiger partial charge in [0.1, 0.15) is 0 Å². The highest BCUT2D eigenvalue weighted by Gasteiger charge is 2.14. The van der Waals surface area contributed by atoms with Crippen molar-refractivity contribution in [3.63, 3.8) is 0 Å². The Bertz CT molecular complexity index is 657. The third-order valence-corrected chi connectivity index (χ3v) is 4.62. The molecule has 0 fully saturated rings. The molecule has 21 heavy (non-hydrogen) atoms. The molecule has 0 aliphatic carbocycles. The highest BCUT2D eigenvalue weighted by molar-refractivity contribution is 7.93. The second kappa shape index (κ2) is 7.96. The summed E-state index contributed by atoms with van der Waals surface area (Å²) in [7, 11) is -8.03. The smallest absolute Gasteiger partial charge is 0.284 e. The topological polar surface area (TPSA) is 119 Å². The Labute approximate surface area is 127 Å². The van der Waals surface area contributed by atoms with Crippen LogP contribution < -0.4 is 4.72 Å². The van der Waals surface area contributed by atoms with Crippen molar-refractivity contribution in [1.29, 1.82) is 0 Å². The minimum Gasteiger partial charge on any atom is -0.284 e. The molecule has 0 heterocycles. The molecule has 1 rings (SSSR count). The number of benzene rings is 1. The van der Waals surface area contributed by atoms with E-state index in [1.54, 1.807) is 6.26 Å². The monoisotopic (exact) mass is 357 g/mol. The van der Waals surface area contributed by atoms with Gasteiger partial charge in [-0.3, -0.25) is 9.27 Å². The van der Waals surface area contributed by atoms with E-state index in [0.29, 0.717) is 0 Å². The molecule has 8 nitrogen and oxygen atoms in total. The Kier molecular flexibility index (Phi) is 6.90. The predicted octanol–water partition coefficient (Wildman–Crippen LogP) is 1.29. The average molecular weight is 357 g/mol. The summed E-state index contributed by atoms with van der Waals surface area (Å²) in [5.41, 5.74) is 0.0476. The second-order valence-corrected chi connectivity index (χ2v) is 7.57. The van der Waals surface area contributed by atoms with Gasteiger partial charge in [-0.2, -0.15) is 12.8 Å². The molecule has 0 aliphatic heterocycles. The van der Waals surface area contributed by atoms with Crippen molar-refractivity contribution in [2.45, 2.75) is 11.3 Å². The van der Waals surface area contributed by atoms with Crippen LogP contribution in [-0.2, 0) is 29.4 Å². The van der Waals surface area contributed by atoms with Gasteiger partial charge in [0, 0.05) is 24.0 Å². The molecule has 0 saturated carbocycles. The highest BCUT2D eigenvalue weighted by Crippen LogP contribution is 2.16. The SMILES string of the molecule is CSOOCCCS(=O)(=O)Nc1cccc(S(=O)(=O)O)c1. The summed E-state index contributed by atoms with van der Waals surface area (Å²) in [6.07, 6.45) is 1.86. The van der Waals surface area contributed by atoms with Gasteiger partial charge in [0.05, 0.1) is 17.3 Å². The molecule has 0 saturated heterocycles. The van der Waals surface area contributed by atoms with Gasteiger partial charge in [0.2, 0.25) is 10.0 Å². The van der Waals surface area contributed by atoms with Crippen molar-refractivity contribution in [2.24, 2.45) is 0 Å². The van der Waals surface area contributed by atoms with Crippen molar-refractivity contribution in [3.8, 4) is 0 Å². The fourth-order valence-electron chi connectivity index (χ4n) is 1.34. The van der Waals surface area contributed by atoms with Crippen LogP contribution in [0.2, 0.25) is 0 Å². The van der Waals surface area contributed by atoms with Gasteiger partial charge in [-0.1, -0.05) is 6.07 Å². The molecule has 1 aromatic carbocycles. The normalized spacial score (nSPS) is 12.3. The van der Waals surface area contributed by atoms with E-state index in [0.717, 1.165) is 24.2 Å². The van der Waals surface area contributed by atoms with Crippen LogP contribution in [0.4, 0.5) is 5.69 Å². The lowest BCUT2D eigenvalue weighted by molar-refractivity contribution is -0.189. The van der Waals surface area contributed by atoms with Crippen molar-refractivity contribution >= 4 is 37.9 Å². The van der Waals surface area contributed by atoms with Crippen molar-refractivity contribution in [2.75, 3.05) is 23.3 Å². The minimum absolute atomic E-state index is 0.0476. The fourth-order valence-corrected chi connectivity index (χ4v) is 3.12. The Morgan fingerprint density at radius 2 is 2.00 bits per heavy atom. The van der Waals surface area contributed by atoms with Crippen LogP contribution in [0.25, 0.3) is 0 Å². The Morgan fingerprint density at radius 3 is 2.62 bits per heavy atom. The van der Waals surface area contributed by atoms with E-state index in [1.165, 1.54) is 12.1 Å². The van der Waals surface area contributed by atoms with Gasteiger partial charge >= 0.3 is 0 Å². The molecule has 0 atom stereocenters. The summed E-state index contributed by atoms with van der Waals surface area (Å²) in [5, 5.41) is 0. The Morgan fingerprint density at radius 1 is 1.29 bits per heavy atom. The van der Waals surface area contributed by atoms with Crippen LogP contribution in [0.5, 0.6) is 0 Å². The largest absolute Gasteiger partial charge is 0.294 e. The first kappa shape index (κ1) is 18.2. The highest BCUT2D eigenvalue weighted by atomic mass is 32.2. The summed E-state index contributed by atoms with van der Waals surface area (Å²) in [4.78, 5) is 4.26. The van der Waals surface area contributed by atoms with E-state index in [2.05, 4.69) is 13.9 Å². The summed E-state index contributed by atoms with van der Waals surface area (Å²) in [5.74, 6) is -0.221. The van der Waals surface area contributed by atoms with Crippen LogP contribution in [0.3, 0.4) is 0 Å². The number of hydrogen-bond donors (Lipinski definition) is 2. The van der Waals surface area contributed by atoms with Crippen LogP contribution >= 0.6 is 12.0 Å². The summed E-state index contributed by atoms with van der Waals surface area (Å²) in [6, 6.07) is 4.87. The van der Waals surface area contributed by atoms with Gasteiger partial charge < -0.3 is 0 Å². The maximum absolute atomic E-state index is 11.8. The van der Waals surface area contributed by atoms with Gasteiger partial charge in [-0.15, -0.1) is 0 Å². The van der Waals surface area contributed by atoms with Crippen LogP contribution in [0, 0.1) is 0 Å². The van der Waals surface area contributed by atoms with Gasteiger partial charge in [-0.25, -0.2) is 13.3 Å². The fraction of sp³-hybridized carbons (Fsp3) is 0.400. The summed E-state index contributed by atoms with van der Waals surface area (Å²) < 4.78 is 61.1. The van der Waals surface area contributed by atoms with Gasteiger partial charge in [0.25, 0.3) is 10.1 Å². The first-order valence-electron chi connectivity index (χ1n) is 5.65. The standard InChI is InChI=1S/C10H15NO7S3/c1-19-18-17-6-3-7-20(12,13)11-9-4-2-5-10(8-9)21(14,15)16/h2,4-5,8,11H,3,6-7H2,1H3,(H,14,15,16). The first-order chi connectivity index (χ1) is 9.74. The third-order valence-electron chi connectivity index (χ3n) is 2.16. The van der Waals surface area contributed by atoms with Crippen LogP contribution in [-0.4, -0.2) is 40.0 Å². The molecule has 0 aliphatic rings. The molecule has 1 aromatic rings. The van der Waals surface area contributed by atoms with Crippen molar-refractivity contribution < 1.29 is 30.6 Å². The lowest BCUT2D eigenvalue weighted by Crippen LogP contribution is -2.18. The molecule has 11 heteroatoms. The first-order valence-corrected chi connectivity index (χ1v) is 9.89. The van der Waals surface area contributed by atoms with Crippen molar-refractivity contribution in [3.05, 3.63) is 24.3 Å². The van der Waals surface area contributed by atoms with E-state index >= 15 is 0 Å². The molecule has 2 N–H and O–H groups in total. The van der Waals surface area contributed by atoms with Crippen molar-refractivity contribution in [1.82, 2.24) is 0 Å².